The average Bonchev–Trinajstić information content (AvgIpc) is 1.62. The molecule has 0 spiro atoms. The van der Waals surface area contributed by atoms with Gasteiger partial charge in [-0.05, 0) is 19.1 Å². The second-order valence-electron chi connectivity index (χ2n) is 3.67. The Balaban J connectivity index is 3.88. The minimum atomic E-state index is 0.184. The molecule has 0 saturated carbocycles. The van der Waals surface area contributed by atoms with Crippen LogP contribution in [0.25, 0.3) is 0 Å². The number of hydrogen-bond acceptors (Lipinski definition) is 1. The highest BCUT2D eigenvalue weighted by Crippen LogP contribution is 2.29. The zero-order valence-corrected chi connectivity index (χ0v) is 9.66. The van der Waals surface area contributed by atoms with E-state index in [2.05, 4.69) is 18.7 Å². The monoisotopic (exact) mass is 165 g/mol. The predicted molar refractivity (Wildman–Crippen MR) is 47.3 cm³/mol. The first-order valence-corrected chi connectivity index (χ1v) is 4.60. The summed E-state index contributed by atoms with van der Waals surface area (Å²) in [6, 6.07) is 0. The second-order valence-corrected chi connectivity index (χ2v) is 6.66. The van der Waals surface area contributed by atoms with Crippen LogP contribution in [0.3, 0.4) is 0 Å². The van der Waals surface area contributed by atoms with Crippen molar-refractivity contribution in [3.05, 3.63) is 0 Å². The third-order valence-electron chi connectivity index (χ3n) is 1.17. The van der Waals surface area contributed by atoms with E-state index in [0.717, 1.165) is 10.2 Å². The van der Waals surface area contributed by atoms with E-state index in [-0.39, 0.29) is 5.50 Å². The van der Waals surface area contributed by atoms with E-state index >= 15 is 0 Å². The van der Waals surface area contributed by atoms with Gasteiger partial charge < -0.3 is 0 Å². The molecule has 0 heterocycles. The lowest BCUT2D eigenvalue weighted by atomic mass is 10.2. The van der Waals surface area contributed by atoms with Gasteiger partial charge in [-0.1, -0.05) is 13.8 Å². The maximum atomic E-state index is 6.05. The zero-order chi connectivity index (χ0) is 7.65. The molecule has 56 valence electrons. The lowest BCUT2D eigenvalue weighted by Crippen LogP contribution is -2.32. The average molecular weight is 166 g/mol. The maximum absolute atomic E-state index is 6.05. The molecule has 0 fully saturated rings. The van der Waals surface area contributed by atoms with Crippen molar-refractivity contribution in [3.8, 4) is 0 Å². The minimum absolute atomic E-state index is 0.184. The van der Waals surface area contributed by atoms with Crippen LogP contribution >= 0.6 is 11.6 Å². The van der Waals surface area contributed by atoms with Gasteiger partial charge in [-0.3, -0.25) is 4.90 Å². The Morgan fingerprint density at radius 1 is 1.44 bits per heavy atom. The van der Waals surface area contributed by atoms with Crippen molar-refractivity contribution in [2.75, 3.05) is 14.1 Å². The van der Waals surface area contributed by atoms with Crippen molar-refractivity contribution in [2.24, 2.45) is 0 Å². The topological polar surface area (TPSA) is 3.24 Å². The van der Waals surface area contributed by atoms with Crippen molar-refractivity contribution >= 4 is 21.8 Å². The van der Waals surface area contributed by atoms with Crippen LogP contribution in [0.5, 0.6) is 0 Å². The standard InChI is InChI=1S/C6H16ClNSi/c1-6(2,9)5(7)8(3)4/h5H,1-4,9H3. The summed E-state index contributed by atoms with van der Waals surface area (Å²) in [5, 5.41) is 0.311. The summed E-state index contributed by atoms with van der Waals surface area (Å²) >= 11 is 6.05. The van der Waals surface area contributed by atoms with Gasteiger partial charge in [0.25, 0.3) is 0 Å². The Labute approximate surface area is 65.8 Å². The molecule has 0 aliphatic rings. The number of nitrogens with zero attached hydrogens (tertiary/aromatic N) is 1. The van der Waals surface area contributed by atoms with E-state index in [9.17, 15) is 0 Å². The molecule has 0 amide bonds. The SMILES string of the molecule is CN(C)C(Cl)C(C)(C)[SiH3]. The van der Waals surface area contributed by atoms with Crippen molar-refractivity contribution in [2.45, 2.75) is 24.4 Å². The molecular weight excluding hydrogens is 150 g/mol. The molecule has 1 atom stereocenters. The van der Waals surface area contributed by atoms with Crippen molar-refractivity contribution < 1.29 is 0 Å². The Bertz CT molecular complexity index is 87.5. The second kappa shape index (κ2) is 3.04. The van der Waals surface area contributed by atoms with Gasteiger partial charge in [0.15, 0.2) is 0 Å². The summed E-state index contributed by atoms with van der Waals surface area (Å²) in [6.45, 7) is 4.38. The van der Waals surface area contributed by atoms with Gasteiger partial charge in [0.1, 0.15) is 0 Å². The fraction of sp³-hybridized carbons (Fsp3) is 1.00. The summed E-state index contributed by atoms with van der Waals surface area (Å²) in [7, 11) is 5.16. The number of hydrogen-bond donors (Lipinski definition) is 0. The molecule has 0 aliphatic heterocycles. The molecule has 9 heavy (non-hydrogen) atoms. The molecule has 1 unspecified atom stereocenters. The lowest BCUT2D eigenvalue weighted by molar-refractivity contribution is 0.323. The quantitative estimate of drug-likeness (QED) is 0.331. The Kier molecular flexibility index (Phi) is 3.19. The van der Waals surface area contributed by atoms with Gasteiger partial charge in [0.2, 0.25) is 0 Å². The molecule has 0 N–H and O–H groups in total. The zero-order valence-electron chi connectivity index (χ0n) is 6.90. The fourth-order valence-corrected chi connectivity index (χ4v) is 1.29. The molecule has 0 aromatic heterocycles. The molecule has 0 radical (unpaired) electrons. The number of rotatable bonds is 2. The third-order valence-corrected chi connectivity index (χ3v) is 3.13. The summed E-state index contributed by atoms with van der Waals surface area (Å²) in [5.74, 6) is 0. The first-order valence-electron chi connectivity index (χ1n) is 3.16. The smallest absolute Gasteiger partial charge is 0.0863 e. The van der Waals surface area contributed by atoms with E-state index in [0.29, 0.717) is 5.04 Å². The number of halogens is 1. The highest BCUT2D eigenvalue weighted by atomic mass is 35.5. The van der Waals surface area contributed by atoms with Crippen LogP contribution in [0.1, 0.15) is 13.8 Å². The van der Waals surface area contributed by atoms with Crippen LogP contribution in [-0.2, 0) is 0 Å². The van der Waals surface area contributed by atoms with Gasteiger partial charge >= 0.3 is 0 Å². The normalized spacial score (nSPS) is 16.7. The summed E-state index contributed by atoms with van der Waals surface area (Å²) in [5.41, 5.74) is 0.184. The van der Waals surface area contributed by atoms with E-state index in [1.807, 2.05) is 14.1 Å². The van der Waals surface area contributed by atoms with Crippen molar-refractivity contribution in [3.63, 3.8) is 0 Å². The van der Waals surface area contributed by atoms with Crippen LogP contribution in [0.15, 0.2) is 0 Å². The van der Waals surface area contributed by atoms with Gasteiger partial charge in [-0.25, -0.2) is 0 Å². The first-order chi connectivity index (χ1) is 3.85. The molecule has 0 aliphatic carbocycles. The van der Waals surface area contributed by atoms with E-state index in [1.165, 1.54) is 0 Å². The Hall–Kier alpha value is 0.467. The third kappa shape index (κ3) is 3.23. The molecular formula is C6H16ClNSi. The highest BCUT2D eigenvalue weighted by molar-refractivity contribution is 6.27. The van der Waals surface area contributed by atoms with E-state index in [4.69, 9.17) is 11.6 Å². The lowest BCUT2D eigenvalue weighted by Gasteiger charge is -2.30. The van der Waals surface area contributed by atoms with E-state index in [1.54, 1.807) is 0 Å². The predicted octanol–water partition coefficient (Wildman–Crippen LogP) is 0.677. The van der Waals surface area contributed by atoms with Gasteiger partial charge in [0, 0.05) is 10.2 Å². The molecule has 0 bridgehead atoms. The highest BCUT2D eigenvalue weighted by Gasteiger charge is 2.23. The van der Waals surface area contributed by atoms with Gasteiger partial charge in [-0.2, -0.15) is 0 Å². The molecule has 3 heteroatoms. The van der Waals surface area contributed by atoms with Crippen LogP contribution < -0.4 is 0 Å². The molecule has 0 aromatic rings. The summed E-state index contributed by atoms with van der Waals surface area (Å²) < 4.78 is 0. The number of alkyl halides is 1. The van der Waals surface area contributed by atoms with Crippen molar-refractivity contribution in [1.82, 2.24) is 4.90 Å². The summed E-state index contributed by atoms with van der Waals surface area (Å²) in [6.07, 6.45) is 0. The fourth-order valence-electron chi connectivity index (χ4n) is 0.775. The Morgan fingerprint density at radius 3 is 1.78 bits per heavy atom. The summed E-state index contributed by atoms with van der Waals surface area (Å²) in [4.78, 5) is 2.05. The van der Waals surface area contributed by atoms with E-state index < -0.39 is 0 Å². The molecule has 0 saturated heterocycles. The van der Waals surface area contributed by atoms with Crippen LogP contribution in [0, 0.1) is 0 Å². The van der Waals surface area contributed by atoms with Crippen LogP contribution in [-0.4, -0.2) is 34.7 Å². The van der Waals surface area contributed by atoms with Crippen LogP contribution in [0.2, 0.25) is 5.04 Å². The molecule has 0 aromatic carbocycles. The first kappa shape index (κ1) is 9.47. The van der Waals surface area contributed by atoms with Gasteiger partial charge in [0.05, 0.1) is 5.50 Å². The van der Waals surface area contributed by atoms with Crippen LogP contribution in [0.4, 0.5) is 0 Å². The minimum Gasteiger partial charge on any atom is -0.293 e. The maximum Gasteiger partial charge on any atom is 0.0863 e. The van der Waals surface area contributed by atoms with Gasteiger partial charge in [-0.15, -0.1) is 11.6 Å². The van der Waals surface area contributed by atoms with Crippen molar-refractivity contribution in [1.29, 1.82) is 0 Å². The largest absolute Gasteiger partial charge is 0.293 e. The molecule has 1 nitrogen and oxygen atoms in total. The molecule has 0 rings (SSSR count). The Morgan fingerprint density at radius 2 is 1.78 bits per heavy atom.